The standard InChI is InChI=1S/C14H8N2O5/c17-13-8-2-1-3-9(14(18)19)12(8)15-11-5-4-7(16(20)21)6-10(11)13/h1-6H,(H,15,17)(H,18,19). The smallest absolute Gasteiger partial charge is 0.337 e. The average Bonchev–Trinajstić information content (AvgIpc) is 2.46. The van der Waals surface area contributed by atoms with E-state index in [1.54, 1.807) is 0 Å². The zero-order valence-electron chi connectivity index (χ0n) is 10.5. The lowest BCUT2D eigenvalue weighted by molar-refractivity contribution is -0.384. The van der Waals surface area contributed by atoms with Crippen LogP contribution < -0.4 is 5.43 Å². The number of non-ortho nitro benzene ring substituents is 1. The molecule has 0 aliphatic heterocycles. The summed E-state index contributed by atoms with van der Waals surface area (Å²) in [6, 6.07) is 8.17. The van der Waals surface area contributed by atoms with Gasteiger partial charge in [0, 0.05) is 17.5 Å². The predicted molar refractivity (Wildman–Crippen MR) is 75.7 cm³/mol. The number of carboxylic acids is 1. The molecule has 7 heteroatoms. The molecule has 104 valence electrons. The molecular formula is C14H8N2O5. The molecule has 0 saturated heterocycles. The van der Waals surface area contributed by atoms with E-state index in [-0.39, 0.29) is 27.5 Å². The molecule has 3 aromatic rings. The van der Waals surface area contributed by atoms with E-state index in [1.165, 1.54) is 36.4 Å². The number of hydrogen-bond donors (Lipinski definition) is 2. The predicted octanol–water partition coefficient (Wildman–Crippen LogP) is 2.29. The molecule has 3 rings (SSSR count). The maximum Gasteiger partial charge on any atom is 0.337 e. The van der Waals surface area contributed by atoms with Crippen molar-refractivity contribution in [2.45, 2.75) is 0 Å². The Morgan fingerprint density at radius 1 is 1.19 bits per heavy atom. The van der Waals surface area contributed by atoms with Crippen LogP contribution in [0.1, 0.15) is 10.4 Å². The van der Waals surface area contributed by atoms with Gasteiger partial charge in [-0.1, -0.05) is 6.07 Å². The van der Waals surface area contributed by atoms with Gasteiger partial charge in [-0.15, -0.1) is 0 Å². The number of pyridine rings is 1. The third-order valence-electron chi connectivity index (χ3n) is 3.26. The maximum atomic E-state index is 12.4. The molecule has 0 atom stereocenters. The fraction of sp³-hybridized carbons (Fsp3) is 0. The van der Waals surface area contributed by atoms with Crippen molar-refractivity contribution in [1.82, 2.24) is 4.98 Å². The van der Waals surface area contributed by atoms with Gasteiger partial charge in [-0.3, -0.25) is 14.9 Å². The first-order chi connectivity index (χ1) is 9.99. The van der Waals surface area contributed by atoms with Crippen LogP contribution in [0.2, 0.25) is 0 Å². The molecule has 1 heterocycles. The second-order valence-corrected chi connectivity index (χ2v) is 4.47. The van der Waals surface area contributed by atoms with Crippen LogP contribution in [0.5, 0.6) is 0 Å². The van der Waals surface area contributed by atoms with Gasteiger partial charge in [-0.2, -0.15) is 0 Å². The van der Waals surface area contributed by atoms with E-state index < -0.39 is 16.3 Å². The highest BCUT2D eigenvalue weighted by atomic mass is 16.6. The van der Waals surface area contributed by atoms with E-state index in [9.17, 15) is 19.7 Å². The number of nitro groups is 1. The largest absolute Gasteiger partial charge is 0.478 e. The number of para-hydroxylation sites is 1. The number of aromatic amines is 1. The van der Waals surface area contributed by atoms with Crippen LogP contribution in [0, 0.1) is 10.1 Å². The lowest BCUT2D eigenvalue weighted by Crippen LogP contribution is -2.08. The van der Waals surface area contributed by atoms with E-state index in [4.69, 9.17) is 5.11 Å². The molecule has 0 saturated carbocycles. The highest BCUT2D eigenvalue weighted by Crippen LogP contribution is 2.21. The van der Waals surface area contributed by atoms with E-state index in [0.717, 1.165) is 0 Å². The summed E-state index contributed by atoms with van der Waals surface area (Å²) in [6.07, 6.45) is 0. The third-order valence-corrected chi connectivity index (χ3v) is 3.26. The van der Waals surface area contributed by atoms with Gasteiger partial charge >= 0.3 is 5.97 Å². The first kappa shape index (κ1) is 12.8. The molecule has 21 heavy (non-hydrogen) atoms. The average molecular weight is 284 g/mol. The van der Waals surface area contributed by atoms with Crippen LogP contribution in [-0.4, -0.2) is 21.0 Å². The molecule has 0 bridgehead atoms. The van der Waals surface area contributed by atoms with Gasteiger partial charge in [0.15, 0.2) is 5.43 Å². The second-order valence-electron chi connectivity index (χ2n) is 4.47. The zero-order valence-corrected chi connectivity index (χ0v) is 10.5. The number of H-pyrrole nitrogens is 1. The van der Waals surface area contributed by atoms with Crippen LogP contribution in [0.25, 0.3) is 21.8 Å². The maximum absolute atomic E-state index is 12.4. The fourth-order valence-electron chi connectivity index (χ4n) is 2.28. The number of aromatic carboxylic acids is 1. The lowest BCUT2D eigenvalue weighted by Gasteiger charge is -2.05. The molecule has 0 amide bonds. The van der Waals surface area contributed by atoms with Gasteiger partial charge in [-0.05, 0) is 18.2 Å². The minimum atomic E-state index is -1.16. The van der Waals surface area contributed by atoms with Crippen molar-refractivity contribution in [2.24, 2.45) is 0 Å². The van der Waals surface area contributed by atoms with Crippen molar-refractivity contribution < 1.29 is 14.8 Å². The summed E-state index contributed by atoms with van der Waals surface area (Å²) in [5.74, 6) is -1.16. The fourth-order valence-corrected chi connectivity index (χ4v) is 2.28. The molecule has 0 aliphatic carbocycles. The number of hydrogen-bond acceptors (Lipinski definition) is 4. The van der Waals surface area contributed by atoms with E-state index in [2.05, 4.69) is 4.98 Å². The number of aromatic nitrogens is 1. The van der Waals surface area contributed by atoms with Crippen molar-refractivity contribution in [1.29, 1.82) is 0 Å². The highest BCUT2D eigenvalue weighted by molar-refractivity contribution is 6.04. The Morgan fingerprint density at radius 2 is 1.95 bits per heavy atom. The van der Waals surface area contributed by atoms with Crippen molar-refractivity contribution >= 4 is 33.5 Å². The van der Waals surface area contributed by atoms with Crippen molar-refractivity contribution in [2.75, 3.05) is 0 Å². The SMILES string of the molecule is O=C(O)c1cccc2c(=O)c3cc([N+](=O)[O-])ccc3[nH]c12. The lowest BCUT2D eigenvalue weighted by atomic mass is 10.1. The first-order valence-electron chi connectivity index (χ1n) is 5.95. The Labute approximate surface area is 116 Å². The molecule has 2 N–H and O–H groups in total. The van der Waals surface area contributed by atoms with Crippen LogP contribution in [0.4, 0.5) is 5.69 Å². The molecule has 7 nitrogen and oxygen atoms in total. The Balaban J connectivity index is 2.49. The van der Waals surface area contributed by atoms with Crippen molar-refractivity contribution in [3.05, 3.63) is 62.3 Å². The zero-order chi connectivity index (χ0) is 15.1. The molecule has 0 spiro atoms. The molecule has 2 aromatic carbocycles. The second kappa shape index (κ2) is 4.41. The van der Waals surface area contributed by atoms with E-state index in [0.29, 0.717) is 5.52 Å². The Morgan fingerprint density at radius 3 is 2.62 bits per heavy atom. The van der Waals surface area contributed by atoms with Crippen molar-refractivity contribution in [3.8, 4) is 0 Å². The molecule has 0 fully saturated rings. The summed E-state index contributed by atoms with van der Waals surface area (Å²) in [5.41, 5.74) is -0.0969. The van der Waals surface area contributed by atoms with Crippen LogP contribution in [0.3, 0.4) is 0 Å². The number of rotatable bonds is 2. The van der Waals surface area contributed by atoms with Gasteiger partial charge in [-0.25, -0.2) is 4.79 Å². The number of fused-ring (bicyclic) bond motifs is 2. The summed E-state index contributed by atoms with van der Waals surface area (Å²) in [4.78, 5) is 36.7. The third kappa shape index (κ3) is 1.91. The van der Waals surface area contributed by atoms with Gasteiger partial charge in [0.1, 0.15) is 0 Å². The molecule has 1 aromatic heterocycles. The van der Waals surface area contributed by atoms with E-state index >= 15 is 0 Å². The number of benzene rings is 2. The number of nitro benzene ring substituents is 1. The van der Waals surface area contributed by atoms with Gasteiger partial charge in [0.2, 0.25) is 0 Å². The summed E-state index contributed by atoms with van der Waals surface area (Å²) in [6.45, 7) is 0. The van der Waals surface area contributed by atoms with Crippen LogP contribution in [-0.2, 0) is 0 Å². The summed E-state index contributed by atoms with van der Waals surface area (Å²) in [5, 5.41) is 20.3. The van der Waals surface area contributed by atoms with Crippen molar-refractivity contribution in [3.63, 3.8) is 0 Å². The minimum Gasteiger partial charge on any atom is -0.478 e. The number of nitrogens with zero attached hydrogens (tertiary/aromatic N) is 1. The molecule has 0 radical (unpaired) electrons. The topological polar surface area (TPSA) is 113 Å². The number of carbonyl (C=O) groups is 1. The Bertz CT molecular complexity index is 967. The van der Waals surface area contributed by atoms with Gasteiger partial charge in [0.05, 0.1) is 26.9 Å². The number of carboxylic acid groups (broad SMARTS) is 1. The summed E-state index contributed by atoms with van der Waals surface area (Å²) >= 11 is 0. The summed E-state index contributed by atoms with van der Waals surface area (Å²) < 4.78 is 0. The Kier molecular flexibility index (Phi) is 2.69. The van der Waals surface area contributed by atoms with Gasteiger partial charge in [0.25, 0.3) is 5.69 Å². The monoisotopic (exact) mass is 284 g/mol. The molecular weight excluding hydrogens is 276 g/mol. The number of nitrogens with one attached hydrogen (secondary N) is 1. The first-order valence-corrected chi connectivity index (χ1v) is 5.95. The normalized spacial score (nSPS) is 10.9. The highest BCUT2D eigenvalue weighted by Gasteiger charge is 2.15. The molecule has 0 unspecified atom stereocenters. The van der Waals surface area contributed by atoms with Gasteiger partial charge < -0.3 is 10.1 Å². The van der Waals surface area contributed by atoms with Crippen LogP contribution >= 0.6 is 0 Å². The summed E-state index contributed by atoms with van der Waals surface area (Å²) in [7, 11) is 0. The molecule has 0 aliphatic rings. The van der Waals surface area contributed by atoms with E-state index in [1.807, 2.05) is 0 Å². The quantitative estimate of drug-likeness (QED) is 0.425. The Hall–Kier alpha value is -3.22. The minimum absolute atomic E-state index is 0.0233. The van der Waals surface area contributed by atoms with Crippen LogP contribution in [0.15, 0.2) is 41.2 Å².